The van der Waals surface area contributed by atoms with Crippen LogP contribution in [0, 0.1) is 11.8 Å². The molecule has 0 spiro atoms. The van der Waals surface area contributed by atoms with Gasteiger partial charge < -0.3 is 14.8 Å². The topological polar surface area (TPSA) is 102 Å². The molecular weight excluding hydrogens is 376 g/mol. The molecule has 1 saturated heterocycles. The van der Waals surface area contributed by atoms with E-state index < -0.39 is 35.9 Å². The maximum Gasteiger partial charge on any atom is 0.329 e. The molecule has 4 atom stereocenters. The van der Waals surface area contributed by atoms with Gasteiger partial charge in [-0.15, -0.1) is 0 Å². The number of nitrogens with one attached hydrogen (secondary N) is 1. The van der Waals surface area contributed by atoms with Crippen LogP contribution in [-0.2, 0) is 23.9 Å². The van der Waals surface area contributed by atoms with E-state index in [0.717, 1.165) is 4.90 Å². The van der Waals surface area contributed by atoms with Gasteiger partial charge in [0.25, 0.3) is 5.91 Å². The normalized spacial score (nSPS) is 22.7. The first-order valence-electron chi connectivity index (χ1n) is 9.50. The summed E-state index contributed by atoms with van der Waals surface area (Å²) in [7, 11) is 1.54. The minimum atomic E-state index is -1.09. The Bertz CT molecular complexity index is 821. The molecule has 8 heteroatoms. The fraction of sp³-hybridized carbons (Fsp3) is 0.429. The molecule has 2 aliphatic rings. The van der Waals surface area contributed by atoms with Gasteiger partial charge >= 0.3 is 5.97 Å². The monoisotopic (exact) mass is 400 g/mol. The van der Waals surface area contributed by atoms with Crippen molar-refractivity contribution in [1.29, 1.82) is 0 Å². The summed E-state index contributed by atoms with van der Waals surface area (Å²) >= 11 is 0. The number of hydrogen-bond donors (Lipinski definition) is 1. The number of methoxy groups -OCH3 is 1. The summed E-state index contributed by atoms with van der Waals surface area (Å²) in [5, 5.41) is 2.64. The van der Waals surface area contributed by atoms with Gasteiger partial charge in [-0.1, -0.05) is 12.2 Å². The van der Waals surface area contributed by atoms with Crippen molar-refractivity contribution in [1.82, 2.24) is 4.90 Å². The van der Waals surface area contributed by atoms with E-state index in [4.69, 9.17) is 9.47 Å². The van der Waals surface area contributed by atoms with Crippen LogP contribution in [0.2, 0.25) is 0 Å². The number of anilines is 1. The molecule has 3 amide bonds. The number of allylic oxidation sites excluding steroid dienone is 2. The Morgan fingerprint density at radius 1 is 1.03 bits per heavy atom. The van der Waals surface area contributed by atoms with Crippen molar-refractivity contribution in [2.24, 2.45) is 11.8 Å². The van der Waals surface area contributed by atoms with Crippen LogP contribution in [0.1, 0.15) is 26.7 Å². The van der Waals surface area contributed by atoms with E-state index in [0.29, 0.717) is 24.3 Å². The number of carbonyl (C=O) groups is 4. The third kappa shape index (κ3) is 4.16. The van der Waals surface area contributed by atoms with Crippen LogP contribution in [0.3, 0.4) is 0 Å². The lowest BCUT2D eigenvalue weighted by molar-refractivity contribution is -0.163. The molecule has 3 rings (SSSR count). The third-order valence-electron chi connectivity index (χ3n) is 5.29. The molecule has 8 nitrogen and oxygen atoms in total. The molecule has 0 bridgehead atoms. The quantitative estimate of drug-likeness (QED) is 0.445. The van der Waals surface area contributed by atoms with Gasteiger partial charge in [0, 0.05) is 5.69 Å². The van der Waals surface area contributed by atoms with E-state index in [-0.39, 0.29) is 11.8 Å². The Morgan fingerprint density at radius 2 is 1.59 bits per heavy atom. The molecule has 1 aromatic carbocycles. The molecule has 29 heavy (non-hydrogen) atoms. The van der Waals surface area contributed by atoms with Crippen molar-refractivity contribution in [2.45, 2.75) is 38.8 Å². The number of rotatable bonds is 6. The number of imide groups is 1. The lowest BCUT2D eigenvalue weighted by Gasteiger charge is -2.23. The van der Waals surface area contributed by atoms with E-state index in [1.165, 1.54) is 21.0 Å². The van der Waals surface area contributed by atoms with Gasteiger partial charge in [-0.2, -0.15) is 0 Å². The molecule has 1 aromatic rings. The fourth-order valence-electron chi connectivity index (χ4n) is 3.56. The number of nitrogens with zero attached hydrogens (tertiary/aromatic N) is 1. The summed E-state index contributed by atoms with van der Waals surface area (Å²) < 4.78 is 10.3. The van der Waals surface area contributed by atoms with E-state index in [2.05, 4.69) is 5.32 Å². The summed E-state index contributed by atoms with van der Waals surface area (Å²) in [6.07, 6.45) is 3.65. The first-order valence-corrected chi connectivity index (χ1v) is 9.50. The first kappa shape index (κ1) is 20.6. The van der Waals surface area contributed by atoms with Gasteiger partial charge in [-0.25, -0.2) is 4.79 Å². The molecule has 1 N–H and O–H groups in total. The summed E-state index contributed by atoms with van der Waals surface area (Å²) in [5.74, 6) is -2.22. The number of ether oxygens (including phenoxy) is 2. The summed E-state index contributed by atoms with van der Waals surface area (Å²) in [6.45, 7) is 2.87. The van der Waals surface area contributed by atoms with Crippen molar-refractivity contribution in [3.63, 3.8) is 0 Å². The van der Waals surface area contributed by atoms with E-state index in [1.54, 1.807) is 24.3 Å². The molecule has 0 radical (unpaired) electrons. The predicted molar refractivity (Wildman–Crippen MR) is 104 cm³/mol. The van der Waals surface area contributed by atoms with Crippen molar-refractivity contribution < 1.29 is 28.7 Å². The lowest BCUT2D eigenvalue weighted by atomic mass is 9.85. The fourth-order valence-corrected chi connectivity index (χ4v) is 3.56. The number of carbonyl (C=O) groups excluding carboxylic acids is 4. The minimum Gasteiger partial charge on any atom is -0.497 e. The smallest absolute Gasteiger partial charge is 0.329 e. The molecule has 1 aliphatic carbocycles. The van der Waals surface area contributed by atoms with Crippen LogP contribution >= 0.6 is 0 Å². The first-order chi connectivity index (χ1) is 13.8. The summed E-state index contributed by atoms with van der Waals surface area (Å²) in [5.41, 5.74) is 0.522. The number of esters is 1. The Kier molecular flexibility index (Phi) is 6.00. The number of amides is 3. The molecule has 1 fully saturated rings. The second-order valence-electron chi connectivity index (χ2n) is 7.18. The minimum absolute atomic E-state index is 0.357. The van der Waals surface area contributed by atoms with E-state index in [9.17, 15) is 19.2 Å². The zero-order valence-electron chi connectivity index (χ0n) is 16.6. The van der Waals surface area contributed by atoms with Crippen LogP contribution < -0.4 is 10.1 Å². The maximum absolute atomic E-state index is 12.6. The Labute approximate surface area is 168 Å². The summed E-state index contributed by atoms with van der Waals surface area (Å²) in [4.78, 5) is 51.0. The van der Waals surface area contributed by atoms with Crippen LogP contribution in [0.4, 0.5) is 5.69 Å². The van der Waals surface area contributed by atoms with Crippen LogP contribution in [0.15, 0.2) is 36.4 Å². The lowest BCUT2D eigenvalue weighted by Crippen LogP contribution is -2.46. The van der Waals surface area contributed by atoms with E-state index >= 15 is 0 Å². The van der Waals surface area contributed by atoms with Gasteiger partial charge in [0.05, 0.1) is 18.9 Å². The Hall–Kier alpha value is -3.16. The van der Waals surface area contributed by atoms with Crippen LogP contribution in [0.25, 0.3) is 0 Å². The average Bonchev–Trinajstić information content (AvgIpc) is 2.98. The van der Waals surface area contributed by atoms with Crippen LogP contribution in [0.5, 0.6) is 5.75 Å². The highest BCUT2D eigenvalue weighted by Crippen LogP contribution is 2.36. The molecule has 0 aromatic heterocycles. The van der Waals surface area contributed by atoms with E-state index in [1.807, 2.05) is 12.2 Å². The molecular formula is C21H24N2O6. The second kappa shape index (κ2) is 8.46. The van der Waals surface area contributed by atoms with Crippen molar-refractivity contribution in [2.75, 3.05) is 12.4 Å². The van der Waals surface area contributed by atoms with Crippen LogP contribution in [-0.4, -0.2) is 47.8 Å². The van der Waals surface area contributed by atoms with Crippen molar-refractivity contribution in [3.8, 4) is 5.75 Å². The largest absolute Gasteiger partial charge is 0.497 e. The zero-order valence-corrected chi connectivity index (χ0v) is 16.6. The molecule has 1 heterocycles. The molecule has 1 aliphatic heterocycles. The van der Waals surface area contributed by atoms with Crippen molar-refractivity contribution in [3.05, 3.63) is 36.4 Å². The van der Waals surface area contributed by atoms with Gasteiger partial charge in [-0.3, -0.25) is 19.3 Å². The predicted octanol–water partition coefficient (Wildman–Crippen LogP) is 1.91. The summed E-state index contributed by atoms with van der Waals surface area (Å²) in [6, 6.07) is 5.61. The second-order valence-corrected chi connectivity index (χ2v) is 7.18. The highest BCUT2D eigenvalue weighted by molar-refractivity contribution is 6.08. The maximum atomic E-state index is 12.6. The molecule has 0 unspecified atom stereocenters. The van der Waals surface area contributed by atoms with Gasteiger partial charge in [0.2, 0.25) is 11.8 Å². The zero-order chi connectivity index (χ0) is 21.1. The highest BCUT2D eigenvalue weighted by atomic mass is 16.5. The van der Waals surface area contributed by atoms with Gasteiger partial charge in [0.1, 0.15) is 11.8 Å². The number of likely N-dealkylation sites (tertiary alicyclic amines) is 1. The standard InChI is InChI=1S/C21H24N2O6/c1-12(23-19(25)16-6-4-5-7-17(16)20(23)26)21(27)29-13(2)18(24)22-14-8-10-15(28-3)11-9-14/h4-5,8-13,16-17H,6-7H2,1-3H3,(H,22,24)/t12-,13-,16-,17-/m0/s1. The number of hydrogen-bond acceptors (Lipinski definition) is 6. The van der Waals surface area contributed by atoms with Crippen molar-refractivity contribution >= 4 is 29.4 Å². The Balaban J connectivity index is 1.59. The number of fused-ring (bicyclic) bond motifs is 1. The molecule has 154 valence electrons. The SMILES string of the molecule is COc1ccc(NC(=O)[C@H](C)OC(=O)[C@H](C)N2C(=O)[C@H]3CC=CC[C@@H]3C2=O)cc1. The van der Waals surface area contributed by atoms with Gasteiger partial charge in [0.15, 0.2) is 6.10 Å². The average molecular weight is 400 g/mol. The Morgan fingerprint density at radius 3 is 2.10 bits per heavy atom. The molecule has 0 saturated carbocycles. The number of benzene rings is 1. The third-order valence-corrected chi connectivity index (χ3v) is 5.29. The van der Waals surface area contributed by atoms with Gasteiger partial charge in [-0.05, 0) is 51.0 Å². The highest BCUT2D eigenvalue weighted by Gasteiger charge is 2.50.